The third-order valence-electron chi connectivity index (χ3n) is 15.7. The van der Waals surface area contributed by atoms with Gasteiger partial charge in [0.1, 0.15) is 69.0 Å². The van der Waals surface area contributed by atoms with E-state index in [9.17, 15) is 57.5 Å². The maximum absolute atomic E-state index is 13.6. The highest BCUT2D eigenvalue weighted by molar-refractivity contribution is 5.87. The Kier molecular flexibility index (Phi) is 57.2. The van der Waals surface area contributed by atoms with Gasteiger partial charge in [0, 0.05) is 52.4 Å². The molecule has 12 amide bonds. The van der Waals surface area contributed by atoms with E-state index < -0.39 is 147 Å². The molecular formula is C85H160N12O28. The topological polar surface area (TPSA) is 497 Å². The fraction of sp³-hybridized carbons (Fsp3) is 0.859. The lowest BCUT2D eigenvalue weighted by Crippen LogP contribution is -2.48. The predicted molar refractivity (Wildman–Crippen MR) is 466 cm³/mol. The molecule has 0 aliphatic heterocycles. The number of ether oxygens (including phenoxy) is 16. The summed E-state index contributed by atoms with van der Waals surface area (Å²) in [5.74, 6) is -1.93. The average molecular weight is 1800 g/mol. The van der Waals surface area contributed by atoms with Crippen LogP contribution in [0, 0.1) is 5.41 Å². The van der Waals surface area contributed by atoms with Crippen LogP contribution in [0.5, 0.6) is 0 Å². The van der Waals surface area contributed by atoms with Crippen molar-refractivity contribution in [1.29, 1.82) is 0 Å². The lowest BCUT2D eigenvalue weighted by molar-refractivity contribution is -0.124. The van der Waals surface area contributed by atoms with Crippen molar-refractivity contribution in [2.24, 2.45) is 5.41 Å². The minimum atomic E-state index is -1.07. The minimum absolute atomic E-state index is 0.0344. The molecular weight excluding hydrogens is 1640 g/mol. The van der Waals surface area contributed by atoms with E-state index in [2.05, 4.69) is 63.8 Å². The van der Waals surface area contributed by atoms with Gasteiger partial charge < -0.3 is 140 Å². The molecule has 0 saturated carbocycles. The lowest BCUT2D eigenvalue weighted by Gasteiger charge is -2.33. The number of unbranched alkanes of at least 4 members (excludes halogenated alkanes) is 4. The standard InChI is InChI=1S/C85H160N12O28/c1-77(2,3)118-69(102)90-37-29-25-33-61(94-73(106)122-81(13,14)15)65(98)86-41-45-110-49-53-114-57-85(58-115-54-50-111-46-42-87-66(99)62(95-74(107)123-82(16,17)18)34-26-30-38-91-70(103)119-78(4,5)6,59-116-55-51-112-47-43-88-67(100)63(96-75(108)124-83(19,20)21)35-27-31-39-92-71(104)120-79(7,8)9)60-117-56-52-113-48-44-89-68(101)64(97-76(109)125-84(22,23)24)36-28-32-40-93-72(105)121-80(10,11)12/h61-64H,25-60H2,1-24H3,(H,86,98)(H,87,99)(H,88,100)(H,89,101)(H,90,102)(H,91,103)(H,92,104)(H,93,105)(H,94,106)(H,95,107)(H,96,108)(H,97,109). The first-order chi connectivity index (χ1) is 57.9. The molecule has 40 nitrogen and oxygen atoms in total. The number of nitrogens with one attached hydrogen (secondary N) is 12. The third kappa shape index (κ3) is 72.5. The second kappa shape index (κ2) is 61.2. The zero-order valence-electron chi connectivity index (χ0n) is 79.7. The molecule has 0 aromatic heterocycles. The zero-order chi connectivity index (χ0) is 95.0. The molecule has 12 N–H and O–H groups in total. The van der Waals surface area contributed by atoms with Gasteiger partial charge in [-0.1, -0.05) is 0 Å². The van der Waals surface area contributed by atoms with E-state index in [0.717, 1.165) is 0 Å². The molecule has 125 heavy (non-hydrogen) atoms. The summed E-state index contributed by atoms with van der Waals surface area (Å²) >= 11 is 0. The number of carbonyl (C=O) groups excluding carboxylic acids is 12. The predicted octanol–water partition coefficient (Wildman–Crippen LogP) is 8.92. The van der Waals surface area contributed by atoms with E-state index in [1.165, 1.54) is 0 Å². The molecule has 0 heterocycles. The van der Waals surface area contributed by atoms with Gasteiger partial charge >= 0.3 is 48.7 Å². The molecule has 0 aromatic rings. The van der Waals surface area contributed by atoms with Crippen LogP contribution in [-0.2, 0) is 95.0 Å². The van der Waals surface area contributed by atoms with Crippen molar-refractivity contribution in [2.45, 2.75) is 312 Å². The fourth-order valence-corrected chi connectivity index (χ4v) is 10.5. The first kappa shape index (κ1) is 117. The van der Waals surface area contributed by atoms with Gasteiger partial charge in [0.2, 0.25) is 23.6 Å². The molecule has 0 saturated heterocycles. The van der Waals surface area contributed by atoms with Crippen LogP contribution in [0.1, 0.15) is 243 Å². The molecule has 0 aliphatic rings. The summed E-state index contributed by atoms with van der Waals surface area (Å²) in [6.07, 6.45) is -0.801. The summed E-state index contributed by atoms with van der Waals surface area (Å²) in [5.41, 5.74) is -7.16. The van der Waals surface area contributed by atoms with Crippen molar-refractivity contribution >= 4 is 72.4 Å². The highest BCUT2D eigenvalue weighted by Gasteiger charge is 2.35. The van der Waals surface area contributed by atoms with Gasteiger partial charge in [-0.3, -0.25) is 19.2 Å². The number of hydrogen-bond donors (Lipinski definition) is 12. The average Bonchev–Trinajstić information content (AvgIpc) is 0.867. The van der Waals surface area contributed by atoms with Gasteiger partial charge in [0.15, 0.2) is 0 Å². The van der Waals surface area contributed by atoms with Gasteiger partial charge in [-0.2, -0.15) is 0 Å². The van der Waals surface area contributed by atoms with E-state index in [0.29, 0.717) is 51.4 Å². The summed E-state index contributed by atoms with van der Waals surface area (Å²) in [4.78, 5) is 155. The fourth-order valence-electron chi connectivity index (χ4n) is 10.5. The van der Waals surface area contributed by atoms with Crippen LogP contribution in [0.15, 0.2) is 0 Å². The minimum Gasteiger partial charge on any atom is -0.444 e. The van der Waals surface area contributed by atoms with Crippen LogP contribution in [0.3, 0.4) is 0 Å². The number of alkyl carbamates (subject to hydrolysis) is 8. The molecule has 0 fully saturated rings. The van der Waals surface area contributed by atoms with Crippen LogP contribution < -0.4 is 63.8 Å². The van der Waals surface area contributed by atoms with Crippen molar-refractivity contribution in [1.82, 2.24) is 63.8 Å². The van der Waals surface area contributed by atoms with E-state index in [-0.39, 0.29) is 184 Å². The number of rotatable bonds is 60. The Hall–Kier alpha value is -8.28. The van der Waals surface area contributed by atoms with Crippen LogP contribution in [0.2, 0.25) is 0 Å². The number of carbonyl (C=O) groups is 12. The van der Waals surface area contributed by atoms with Crippen molar-refractivity contribution < 1.29 is 133 Å². The molecule has 728 valence electrons. The Morgan fingerprint density at radius 1 is 0.192 bits per heavy atom. The third-order valence-corrected chi connectivity index (χ3v) is 15.7. The van der Waals surface area contributed by atoms with Crippen LogP contribution in [0.4, 0.5) is 38.4 Å². The van der Waals surface area contributed by atoms with Crippen molar-refractivity contribution in [2.75, 3.05) is 158 Å². The van der Waals surface area contributed by atoms with Gasteiger partial charge in [0.05, 0.1) is 111 Å². The second-order valence-corrected chi connectivity index (χ2v) is 37.8. The molecule has 0 aliphatic carbocycles. The largest absolute Gasteiger partial charge is 0.444 e. The van der Waals surface area contributed by atoms with E-state index in [4.69, 9.17) is 75.8 Å². The van der Waals surface area contributed by atoms with Gasteiger partial charge in [-0.05, 0) is 243 Å². The monoisotopic (exact) mass is 1800 g/mol. The van der Waals surface area contributed by atoms with Crippen LogP contribution in [-0.4, -0.2) is 299 Å². The molecule has 4 atom stereocenters. The Morgan fingerprint density at radius 3 is 0.520 bits per heavy atom. The van der Waals surface area contributed by atoms with Gasteiger partial charge in [-0.15, -0.1) is 0 Å². The molecule has 4 unspecified atom stereocenters. The maximum atomic E-state index is 13.6. The molecule has 0 aromatic carbocycles. The quantitative estimate of drug-likeness (QED) is 0.0200. The smallest absolute Gasteiger partial charge is 0.408 e. The van der Waals surface area contributed by atoms with E-state index >= 15 is 0 Å². The Morgan fingerprint density at radius 2 is 0.352 bits per heavy atom. The van der Waals surface area contributed by atoms with E-state index in [1.54, 1.807) is 166 Å². The molecule has 0 bridgehead atoms. The highest BCUT2D eigenvalue weighted by atomic mass is 16.6. The first-order valence-electron chi connectivity index (χ1n) is 43.5. The lowest BCUT2D eigenvalue weighted by atomic mass is 9.92. The van der Waals surface area contributed by atoms with Crippen molar-refractivity contribution in [3.05, 3.63) is 0 Å². The van der Waals surface area contributed by atoms with E-state index in [1.807, 2.05) is 0 Å². The summed E-state index contributed by atoms with van der Waals surface area (Å²) < 4.78 is 91.9. The normalized spacial score (nSPS) is 13.6. The summed E-state index contributed by atoms with van der Waals surface area (Å²) in [6.45, 7) is 43.2. The second-order valence-electron chi connectivity index (χ2n) is 37.8. The molecule has 0 radical (unpaired) electrons. The molecule has 0 rings (SSSR count). The highest BCUT2D eigenvalue weighted by Crippen LogP contribution is 2.22. The van der Waals surface area contributed by atoms with Gasteiger partial charge in [-0.25, -0.2) is 38.4 Å². The Labute approximate surface area is 742 Å². The molecule has 40 heteroatoms. The van der Waals surface area contributed by atoms with Crippen LogP contribution >= 0.6 is 0 Å². The summed E-state index contributed by atoms with van der Waals surface area (Å²) in [7, 11) is 0. The summed E-state index contributed by atoms with van der Waals surface area (Å²) in [6, 6.07) is -3.92. The van der Waals surface area contributed by atoms with Crippen molar-refractivity contribution in [3.8, 4) is 0 Å². The van der Waals surface area contributed by atoms with Gasteiger partial charge in [0.25, 0.3) is 0 Å². The zero-order valence-corrected chi connectivity index (χ0v) is 79.7. The number of hydrogen-bond acceptors (Lipinski definition) is 28. The maximum Gasteiger partial charge on any atom is 0.408 e. The SMILES string of the molecule is CC(C)(C)OC(=O)NCCCCC(NC(=O)OC(C)(C)C)C(=O)NCCOCCOCC(COCCOCCNC(=O)C(CCCCNC(=O)OC(C)(C)C)NC(=O)OC(C)(C)C)(COCCOCCNC(=O)C(CCCCNC(=O)OC(C)(C)C)NC(=O)OC(C)(C)C)COCCOCCNC(=O)C(CCCCNC(=O)OC(C)(C)C)NC(=O)OC(C)(C)C. The summed E-state index contributed by atoms with van der Waals surface area (Å²) in [5, 5.41) is 32.6. The van der Waals surface area contributed by atoms with Crippen molar-refractivity contribution in [3.63, 3.8) is 0 Å². The van der Waals surface area contributed by atoms with Crippen LogP contribution in [0.25, 0.3) is 0 Å². The number of amides is 12. The first-order valence-corrected chi connectivity index (χ1v) is 43.5. The molecule has 0 spiro atoms. The Bertz CT molecular complexity index is 2710. The Balaban J connectivity index is 6.84.